The fraction of sp³-hybridized carbons (Fsp3) is 0.364. The zero-order valence-electron chi connectivity index (χ0n) is 8.12. The van der Waals surface area contributed by atoms with Gasteiger partial charge in [0.15, 0.2) is 0 Å². The quantitative estimate of drug-likeness (QED) is 0.343. The summed E-state index contributed by atoms with van der Waals surface area (Å²) in [6.45, 7) is 7.86. The smallest absolute Gasteiger partial charge is 0.0298 e. The monoisotopic (exact) mass is 163 g/mol. The first-order valence-corrected chi connectivity index (χ1v) is 4.07. The molecule has 0 fully saturated rings. The lowest BCUT2D eigenvalue weighted by atomic mass is 10.1. The molecule has 0 aromatic heterocycles. The van der Waals surface area contributed by atoms with E-state index in [2.05, 4.69) is 37.6 Å². The molecule has 66 valence electrons. The Morgan fingerprint density at radius 2 is 2.08 bits per heavy atom. The molecule has 0 N–H and O–H groups in total. The molecule has 0 aliphatic heterocycles. The van der Waals surface area contributed by atoms with E-state index in [0.29, 0.717) is 0 Å². The van der Waals surface area contributed by atoms with Crippen LogP contribution in [0, 0.1) is 5.92 Å². The van der Waals surface area contributed by atoms with E-state index in [1.54, 1.807) is 7.05 Å². The lowest BCUT2D eigenvalue weighted by Gasteiger charge is -1.95. The number of allylic oxidation sites excluding steroid dienone is 5. The van der Waals surface area contributed by atoms with Gasteiger partial charge >= 0.3 is 0 Å². The summed E-state index contributed by atoms with van der Waals surface area (Å²) in [6, 6.07) is 0. The Bertz CT molecular complexity index is 205. The summed E-state index contributed by atoms with van der Waals surface area (Å²) >= 11 is 0. The van der Waals surface area contributed by atoms with Gasteiger partial charge in [-0.05, 0) is 13.8 Å². The highest BCUT2D eigenvalue weighted by atomic mass is 14.6. The summed E-state index contributed by atoms with van der Waals surface area (Å²) in [7, 11) is 1.77. The van der Waals surface area contributed by atoms with Crippen molar-refractivity contribution in [3.8, 4) is 0 Å². The summed E-state index contributed by atoms with van der Waals surface area (Å²) in [6.07, 6.45) is 9.89. The number of hydrogen-bond acceptors (Lipinski definition) is 1. The normalized spacial score (nSPS) is 13.6. The predicted molar refractivity (Wildman–Crippen MR) is 56.7 cm³/mol. The predicted octanol–water partition coefficient (Wildman–Crippen LogP) is 3.01. The van der Waals surface area contributed by atoms with Gasteiger partial charge in [-0.15, -0.1) is 6.58 Å². The molecule has 0 heterocycles. The Hall–Kier alpha value is -1.11. The van der Waals surface area contributed by atoms with E-state index in [1.165, 1.54) is 5.57 Å². The molecule has 1 nitrogen and oxygen atoms in total. The van der Waals surface area contributed by atoms with Crippen molar-refractivity contribution in [3.63, 3.8) is 0 Å². The van der Waals surface area contributed by atoms with E-state index >= 15 is 0 Å². The van der Waals surface area contributed by atoms with Crippen molar-refractivity contribution in [2.45, 2.75) is 13.8 Å². The molecule has 0 bridgehead atoms. The average Bonchev–Trinajstić information content (AvgIpc) is 2.02. The standard InChI is InChI=1S/C11H17N/c1-5-11(9-12-4)8-6-7-10(2)3/h5-9,11H,1H2,2-4H3/b8-6-,12-9-. The summed E-state index contributed by atoms with van der Waals surface area (Å²) in [5, 5.41) is 0. The number of nitrogens with zero attached hydrogens (tertiary/aromatic N) is 1. The number of aliphatic imine (C=N–C) groups is 1. The van der Waals surface area contributed by atoms with Crippen molar-refractivity contribution in [2.75, 3.05) is 7.05 Å². The molecule has 1 heteroatoms. The molecular formula is C11H17N. The van der Waals surface area contributed by atoms with Gasteiger partial charge in [-0.1, -0.05) is 29.9 Å². The topological polar surface area (TPSA) is 12.4 Å². The molecule has 0 aliphatic carbocycles. The Balaban J connectivity index is 4.10. The summed E-state index contributed by atoms with van der Waals surface area (Å²) in [5.41, 5.74) is 1.29. The van der Waals surface area contributed by atoms with E-state index < -0.39 is 0 Å². The van der Waals surface area contributed by atoms with Gasteiger partial charge in [0.05, 0.1) is 0 Å². The molecule has 0 saturated carbocycles. The van der Waals surface area contributed by atoms with Crippen LogP contribution in [-0.2, 0) is 0 Å². The van der Waals surface area contributed by atoms with Gasteiger partial charge in [-0.25, -0.2) is 0 Å². The summed E-state index contributed by atoms with van der Waals surface area (Å²) < 4.78 is 0. The van der Waals surface area contributed by atoms with Crippen molar-refractivity contribution in [3.05, 3.63) is 36.5 Å². The van der Waals surface area contributed by atoms with Crippen LogP contribution in [0.15, 0.2) is 41.4 Å². The molecule has 0 aromatic carbocycles. The maximum absolute atomic E-state index is 3.94. The molecule has 1 atom stereocenters. The third kappa shape index (κ3) is 5.66. The van der Waals surface area contributed by atoms with Gasteiger partial charge in [0, 0.05) is 19.2 Å². The number of rotatable bonds is 4. The largest absolute Gasteiger partial charge is 0.300 e. The average molecular weight is 163 g/mol. The van der Waals surface area contributed by atoms with E-state index in [1.807, 2.05) is 18.4 Å². The molecule has 0 radical (unpaired) electrons. The summed E-state index contributed by atoms with van der Waals surface area (Å²) in [5.74, 6) is 0.255. The molecular weight excluding hydrogens is 146 g/mol. The molecule has 0 spiro atoms. The van der Waals surface area contributed by atoms with Gasteiger partial charge in [0.2, 0.25) is 0 Å². The number of hydrogen-bond donors (Lipinski definition) is 0. The zero-order valence-corrected chi connectivity index (χ0v) is 8.12. The van der Waals surface area contributed by atoms with Crippen LogP contribution < -0.4 is 0 Å². The van der Waals surface area contributed by atoms with Crippen molar-refractivity contribution < 1.29 is 0 Å². The Labute approximate surface area is 75.2 Å². The van der Waals surface area contributed by atoms with Crippen LogP contribution in [0.5, 0.6) is 0 Å². The fourth-order valence-electron chi connectivity index (χ4n) is 0.738. The molecule has 0 aromatic rings. The van der Waals surface area contributed by atoms with Crippen molar-refractivity contribution >= 4 is 6.21 Å². The minimum Gasteiger partial charge on any atom is -0.300 e. The maximum atomic E-state index is 3.94. The van der Waals surface area contributed by atoms with Gasteiger partial charge < -0.3 is 0 Å². The first-order chi connectivity index (χ1) is 5.70. The van der Waals surface area contributed by atoms with Crippen molar-refractivity contribution in [2.24, 2.45) is 10.9 Å². The lowest BCUT2D eigenvalue weighted by Crippen LogP contribution is -1.90. The fourth-order valence-corrected chi connectivity index (χ4v) is 0.738. The van der Waals surface area contributed by atoms with Gasteiger partial charge in [-0.3, -0.25) is 4.99 Å². The minimum absolute atomic E-state index is 0.255. The Morgan fingerprint density at radius 3 is 2.50 bits per heavy atom. The van der Waals surface area contributed by atoms with Crippen LogP contribution in [0.3, 0.4) is 0 Å². The second-order valence-corrected chi connectivity index (χ2v) is 2.85. The van der Waals surface area contributed by atoms with E-state index in [4.69, 9.17) is 0 Å². The van der Waals surface area contributed by atoms with Crippen LogP contribution in [0.1, 0.15) is 13.8 Å². The molecule has 0 saturated heterocycles. The second-order valence-electron chi connectivity index (χ2n) is 2.85. The molecule has 1 unspecified atom stereocenters. The van der Waals surface area contributed by atoms with Crippen LogP contribution in [0.25, 0.3) is 0 Å². The van der Waals surface area contributed by atoms with Gasteiger partial charge in [0.1, 0.15) is 0 Å². The van der Waals surface area contributed by atoms with Crippen LogP contribution >= 0.6 is 0 Å². The van der Waals surface area contributed by atoms with Crippen molar-refractivity contribution in [1.29, 1.82) is 0 Å². The van der Waals surface area contributed by atoms with E-state index in [0.717, 1.165) is 0 Å². The second kappa shape index (κ2) is 6.59. The molecule has 12 heavy (non-hydrogen) atoms. The minimum atomic E-state index is 0.255. The Morgan fingerprint density at radius 1 is 1.42 bits per heavy atom. The highest BCUT2D eigenvalue weighted by Gasteiger charge is 1.89. The highest BCUT2D eigenvalue weighted by Crippen LogP contribution is 1.98. The van der Waals surface area contributed by atoms with Gasteiger partial charge in [-0.2, -0.15) is 0 Å². The molecule has 0 aliphatic rings. The third-order valence-corrected chi connectivity index (χ3v) is 1.36. The van der Waals surface area contributed by atoms with Crippen molar-refractivity contribution in [1.82, 2.24) is 0 Å². The first kappa shape index (κ1) is 10.9. The highest BCUT2D eigenvalue weighted by molar-refractivity contribution is 5.65. The third-order valence-electron chi connectivity index (χ3n) is 1.36. The maximum Gasteiger partial charge on any atom is 0.0298 e. The van der Waals surface area contributed by atoms with Crippen LogP contribution in [0.2, 0.25) is 0 Å². The Kier molecular flexibility index (Phi) is 5.98. The van der Waals surface area contributed by atoms with E-state index in [9.17, 15) is 0 Å². The first-order valence-electron chi connectivity index (χ1n) is 4.07. The summed E-state index contributed by atoms with van der Waals surface area (Å²) in [4.78, 5) is 3.94. The SMILES string of the molecule is C=CC(/C=C\C=C(C)C)/C=N\C. The zero-order chi connectivity index (χ0) is 9.40. The van der Waals surface area contributed by atoms with Gasteiger partial charge in [0.25, 0.3) is 0 Å². The van der Waals surface area contributed by atoms with E-state index in [-0.39, 0.29) is 5.92 Å². The molecule has 0 rings (SSSR count). The molecule has 0 amide bonds. The van der Waals surface area contributed by atoms with Crippen LogP contribution in [-0.4, -0.2) is 13.3 Å². The lowest BCUT2D eigenvalue weighted by molar-refractivity contribution is 1.16. The van der Waals surface area contributed by atoms with Crippen LogP contribution in [0.4, 0.5) is 0 Å².